The molecule has 0 unspecified atom stereocenters. The van der Waals surface area contributed by atoms with Crippen LogP contribution in [0.15, 0.2) is 48.7 Å². The quantitative estimate of drug-likeness (QED) is 0.713. The molecule has 2 rings (SSSR count). The molecule has 1 aromatic heterocycles. The number of rotatable bonds is 9. The molecule has 0 atom stereocenters. The van der Waals surface area contributed by atoms with Gasteiger partial charge >= 0.3 is 0 Å². The molecule has 1 aromatic carbocycles. The number of nitrogens with zero attached hydrogens (tertiary/aromatic N) is 3. The summed E-state index contributed by atoms with van der Waals surface area (Å²) >= 11 is 0. The van der Waals surface area contributed by atoms with Crippen LogP contribution in [0.4, 0.5) is 5.82 Å². The molecule has 1 heterocycles. The van der Waals surface area contributed by atoms with Crippen molar-refractivity contribution in [3.8, 4) is 0 Å². The molecular formula is C20H28N4O. The maximum atomic E-state index is 12.3. The third-order valence-corrected chi connectivity index (χ3v) is 4.00. The summed E-state index contributed by atoms with van der Waals surface area (Å²) < 4.78 is 0. The summed E-state index contributed by atoms with van der Waals surface area (Å²) in [7, 11) is 4.06. The number of hydrogen-bond acceptors (Lipinski definition) is 4. The van der Waals surface area contributed by atoms with Gasteiger partial charge in [-0.2, -0.15) is 0 Å². The lowest BCUT2D eigenvalue weighted by atomic mass is 10.2. The van der Waals surface area contributed by atoms with E-state index < -0.39 is 0 Å². The van der Waals surface area contributed by atoms with Gasteiger partial charge < -0.3 is 15.1 Å². The molecule has 25 heavy (non-hydrogen) atoms. The molecule has 1 amide bonds. The SMILES string of the molecule is CCN(Cc1ccccc1)c1cc(C(=O)NCCCN(C)C)ccn1. The van der Waals surface area contributed by atoms with Crippen LogP contribution in [-0.4, -0.2) is 49.5 Å². The van der Waals surface area contributed by atoms with Crippen molar-refractivity contribution in [1.29, 1.82) is 0 Å². The monoisotopic (exact) mass is 340 g/mol. The Kier molecular flexibility index (Phi) is 7.41. The molecule has 0 spiro atoms. The van der Waals surface area contributed by atoms with Crippen molar-refractivity contribution in [2.24, 2.45) is 0 Å². The van der Waals surface area contributed by atoms with Gasteiger partial charge in [-0.3, -0.25) is 4.79 Å². The summed E-state index contributed by atoms with van der Waals surface area (Å²) in [6, 6.07) is 13.9. The summed E-state index contributed by atoms with van der Waals surface area (Å²) in [5, 5.41) is 2.98. The number of amides is 1. The minimum Gasteiger partial charge on any atom is -0.353 e. The highest BCUT2D eigenvalue weighted by molar-refractivity contribution is 5.94. The zero-order valence-electron chi connectivity index (χ0n) is 15.4. The van der Waals surface area contributed by atoms with E-state index in [1.54, 1.807) is 12.3 Å². The smallest absolute Gasteiger partial charge is 0.251 e. The number of benzene rings is 1. The molecule has 0 aliphatic rings. The number of carbonyl (C=O) groups excluding carboxylic acids is 1. The zero-order chi connectivity index (χ0) is 18.1. The number of hydrogen-bond donors (Lipinski definition) is 1. The minimum atomic E-state index is -0.0434. The lowest BCUT2D eigenvalue weighted by molar-refractivity contribution is 0.0952. The van der Waals surface area contributed by atoms with Crippen molar-refractivity contribution in [1.82, 2.24) is 15.2 Å². The third-order valence-electron chi connectivity index (χ3n) is 4.00. The van der Waals surface area contributed by atoms with Crippen molar-refractivity contribution in [3.05, 3.63) is 59.8 Å². The molecule has 5 nitrogen and oxygen atoms in total. The van der Waals surface area contributed by atoms with Gasteiger partial charge in [-0.25, -0.2) is 4.98 Å². The number of nitrogens with one attached hydrogen (secondary N) is 1. The molecule has 0 radical (unpaired) electrons. The molecule has 0 aliphatic heterocycles. The molecule has 2 aromatic rings. The van der Waals surface area contributed by atoms with Crippen molar-refractivity contribution >= 4 is 11.7 Å². The molecule has 1 N–H and O–H groups in total. The standard InChI is InChI=1S/C20H28N4O/c1-4-24(16-17-9-6-5-7-10-17)19-15-18(11-13-21-19)20(25)22-12-8-14-23(2)3/h5-7,9-11,13,15H,4,8,12,14,16H2,1-3H3,(H,22,25). The second-order valence-corrected chi connectivity index (χ2v) is 6.32. The maximum absolute atomic E-state index is 12.3. The Morgan fingerprint density at radius 1 is 1.16 bits per heavy atom. The third kappa shape index (κ3) is 6.19. The van der Waals surface area contributed by atoms with Gasteiger partial charge in [-0.05, 0) is 51.7 Å². The number of carbonyl (C=O) groups is 1. The Balaban J connectivity index is 1.99. The maximum Gasteiger partial charge on any atom is 0.251 e. The average Bonchev–Trinajstić information content (AvgIpc) is 2.64. The summed E-state index contributed by atoms with van der Waals surface area (Å²) in [6.07, 6.45) is 2.64. The largest absolute Gasteiger partial charge is 0.353 e. The lowest BCUT2D eigenvalue weighted by Gasteiger charge is -2.22. The lowest BCUT2D eigenvalue weighted by Crippen LogP contribution is -2.28. The number of aromatic nitrogens is 1. The van der Waals surface area contributed by atoms with Crippen LogP contribution >= 0.6 is 0 Å². The average molecular weight is 340 g/mol. The van der Waals surface area contributed by atoms with Gasteiger partial charge in [0.05, 0.1) is 0 Å². The van der Waals surface area contributed by atoms with Crippen LogP contribution in [0.3, 0.4) is 0 Å². The minimum absolute atomic E-state index is 0.0434. The zero-order valence-corrected chi connectivity index (χ0v) is 15.4. The Morgan fingerprint density at radius 3 is 2.60 bits per heavy atom. The first-order valence-electron chi connectivity index (χ1n) is 8.78. The second-order valence-electron chi connectivity index (χ2n) is 6.32. The van der Waals surface area contributed by atoms with Crippen molar-refractivity contribution in [2.75, 3.05) is 38.6 Å². The first kappa shape index (κ1) is 18.9. The van der Waals surface area contributed by atoms with Gasteiger partial charge in [-0.15, -0.1) is 0 Å². The highest BCUT2D eigenvalue weighted by Crippen LogP contribution is 2.16. The fourth-order valence-electron chi connectivity index (χ4n) is 2.59. The van der Waals surface area contributed by atoms with Crippen LogP contribution in [0.5, 0.6) is 0 Å². The van der Waals surface area contributed by atoms with E-state index in [1.165, 1.54) is 5.56 Å². The molecule has 0 saturated carbocycles. The first-order valence-corrected chi connectivity index (χ1v) is 8.78. The van der Waals surface area contributed by atoms with Gasteiger partial charge in [0.25, 0.3) is 5.91 Å². The Hall–Kier alpha value is -2.40. The van der Waals surface area contributed by atoms with Gasteiger partial charge in [0.1, 0.15) is 5.82 Å². The highest BCUT2D eigenvalue weighted by atomic mass is 16.1. The molecule has 5 heteroatoms. The van der Waals surface area contributed by atoms with Crippen LogP contribution in [0.1, 0.15) is 29.3 Å². The van der Waals surface area contributed by atoms with Crippen LogP contribution in [-0.2, 0) is 6.54 Å². The summed E-state index contributed by atoms with van der Waals surface area (Å²) in [6.45, 7) is 5.34. The Bertz CT molecular complexity index is 658. The van der Waals surface area contributed by atoms with Crippen LogP contribution in [0.25, 0.3) is 0 Å². The van der Waals surface area contributed by atoms with E-state index in [1.807, 2.05) is 38.4 Å². The highest BCUT2D eigenvalue weighted by Gasteiger charge is 2.11. The Labute approximate surface area is 150 Å². The van der Waals surface area contributed by atoms with E-state index in [4.69, 9.17) is 0 Å². The molecule has 0 aliphatic carbocycles. The summed E-state index contributed by atoms with van der Waals surface area (Å²) in [4.78, 5) is 21.1. The van der Waals surface area contributed by atoms with Crippen LogP contribution in [0.2, 0.25) is 0 Å². The topological polar surface area (TPSA) is 48.5 Å². The predicted molar refractivity (Wildman–Crippen MR) is 103 cm³/mol. The molecule has 134 valence electrons. The number of pyridine rings is 1. The van der Waals surface area contributed by atoms with Crippen molar-refractivity contribution in [3.63, 3.8) is 0 Å². The van der Waals surface area contributed by atoms with E-state index in [2.05, 4.69) is 39.2 Å². The number of anilines is 1. The summed E-state index contributed by atoms with van der Waals surface area (Å²) in [5.41, 5.74) is 1.88. The summed E-state index contributed by atoms with van der Waals surface area (Å²) in [5.74, 6) is 0.783. The molecule has 0 fully saturated rings. The normalized spacial score (nSPS) is 10.7. The van der Waals surface area contributed by atoms with Crippen LogP contribution in [0, 0.1) is 0 Å². The fourth-order valence-corrected chi connectivity index (χ4v) is 2.59. The van der Waals surface area contributed by atoms with Gasteiger partial charge in [0.15, 0.2) is 0 Å². The van der Waals surface area contributed by atoms with Gasteiger partial charge in [0, 0.05) is 31.4 Å². The Morgan fingerprint density at radius 2 is 1.92 bits per heavy atom. The van der Waals surface area contributed by atoms with Gasteiger partial charge in [-0.1, -0.05) is 30.3 Å². The van der Waals surface area contributed by atoms with E-state index in [9.17, 15) is 4.79 Å². The van der Waals surface area contributed by atoms with Crippen molar-refractivity contribution in [2.45, 2.75) is 19.9 Å². The van der Waals surface area contributed by atoms with E-state index in [0.29, 0.717) is 12.1 Å². The van der Waals surface area contributed by atoms with Crippen molar-refractivity contribution < 1.29 is 4.79 Å². The predicted octanol–water partition coefficient (Wildman–Crippen LogP) is 2.79. The fraction of sp³-hybridized carbons (Fsp3) is 0.400. The molecular weight excluding hydrogens is 312 g/mol. The van der Waals surface area contributed by atoms with Crippen LogP contribution < -0.4 is 10.2 Å². The van der Waals surface area contributed by atoms with E-state index >= 15 is 0 Å². The molecule has 0 saturated heterocycles. The second kappa shape index (κ2) is 9.79. The van der Waals surface area contributed by atoms with E-state index in [0.717, 1.165) is 31.9 Å². The molecule has 0 bridgehead atoms. The van der Waals surface area contributed by atoms with Gasteiger partial charge in [0.2, 0.25) is 0 Å². The van der Waals surface area contributed by atoms with E-state index in [-0.39, 0.29) is 5.91 Å². The first-order chi connectivity index (χ1) is 12.1.